The van der Waals surface area contributed by atoms with Crippen LogP contribution in [0.25, 0.3) is 10.9 Å². The van der Waals surface area contributed by atoms with Gasteiger partial charge in [-0.3, -0.25) is 9.88 Å². The second-order valence-corrected chi connectivity index (χ2v) is 7.04. The summed E-state index contributed by atoms with van der Waals surface area (Å²) >= 11 is 0. The number of aromatic nitrogens is 1. The molecule has 2 heterocycles. The van der Waals surface area contributed by atoms with Crippen molar-refractivity contribution in [3.8, 4) is 11.5 Å². The Morgan fingerprint density at radius 2 is 1.76 bits per heavy atom. The Labute approximate surface area is 173 Å². The van der Waals surface area contributed by atoms with Crippen LogP contribution in [0, 0.1) is 6.92 Å². The maximum atomic E-state index is 10.3. The zero-order valence-electron chi connectivity index (χ0n) is 17.9. The Morgan fingerprint density at radius 3 is 2.48 bits per heavy atom. The van der Waals surface area contributed by atoms with Gasteiger partial charge < -0.3 is 14.7 Å². The van der Waals surface area contributed by atoms with Gasteiger partial charge in [0.2, 0.25) is 0 Å². The summed E-state index contributed by atoms with van der Waals surface area (Å²) in [5.41, 5.74) is 3.96. The molecule has 0 spiro atoms. The standard InChI is InChI=1S/C22H25N3O2.C2H6/c1-16-14-17(18-6-5-9-23-21(18)22(16)26)15-24-10-12-25(13-11-24)19-7-3-4-8-20(19)27-2;1-2/h3-9,14,26H,10-13,15H2,1-2H3;1-2H3. The van der Waals surface area contributed by atoms with E-state index in [1.54, 1.807) is 13.3 Å². The summed E-state index contributed by atoms with van der Waals surface area (Å²) in [7, 11) is 1.72. The highest BCUT2D eigenvalue weighted by molar-refractivity contribution is 5.88. The molecule has 29 heavy (non-hydrogen) atoms. The van der Waals surface area contributed by atoms with Gasteiger partial charge >= 0.3 is 0 Å². The number of piperazine rings is 1. The number of ether oxygens (including phenoxy) is 1. The molecule has 1 aliphatic rings. The number of benzene rings is 2. The topological polar surface area (TPSA) is 48.8 Å². The number of aryl methyl sites for hydroxylation is 1. The first kappa shape index (κ1) is 20.9. The van der Waals surface area contributed by atoms with E-state index in [9.17, 15) is 5.11 Å². The van der Waals surface area contributed by atoms with E-state index in [4.69, 9.17) is 4.74 Å². The maximum Gasteiger partial charge on any atom is 0.144 e. The molecule has 0 saturated carbocycles. The van der Waals surface area contributed by atoms with Crippen LogP contribution in [-0.2, 0) is 6.54 Å². The molecule has 0 amide bonds. The van der Waals surface area contributed by atoms with Crippen molar-refractivity contribution in [3.63, 3.8) is 0 Å². The number of phenolic OH excluding ortho intramolecular Hbond substituents is 1. The molecule has 0 atom stereocenters. The van der Waals surface area contributed by atoms with Gasteiger partial charge in [0.1, 0.15) is 17.0 Å². The van der Waals surface area contributed by atoms with Gasteiger partial charge in [-0.25, -0.2) is 0 Å². The predicted molar refractivity (Wildman–Crippen MR) is 120 cm³/mol. The van der Waals surface area contributed by atoms with E-state index < -0.39 is 0 Å². The average molecular weight is 394 g/mol. The third kappa shape index (κ3) is 4.46. The van der Waals surface area contributed by atoms with Crippen LogP contribution in [-0.4, -0.2) is 48.3 Å². The number of aromatic hydroxyl groups is 1. The lowest BCUT2D eigenvalue weighted by molar-refractivity contribution is 0.250. The van der Waals surface area contributed by atoms with Crippen LogP contribution in [0.15, 0.2) is 48.7 Å². The number of nitrogens with zero attached hydrogens (tertiary/aromatic N) is 3. The first-order chi connectivity index (χ1) is 14.2. The molecule has 4 rings (SSSR count). The summed E-state index contributed by atoms with van der Waals surface area (Å²) in [4.78, 5) is 9.22. The molecule has 0 unspecified atom stereocenters. The lowest BCUT2D eigenvalue weighted by Gasteiger charge is -2.36. The van der Waals surface area contributed by atoms with Gasteiger partial charge in [0.05, 0.1) is 12.8 Å². The Kier molecular flexibility index (Phi) is 6.94. The van der Waals surface area contributed by atoms with Crippen molar-refractivity contribution in [2.24, 2.45) is 0 Å². The van der Waals surface area contributed by atoms with Crippen LogP contribution >= 0.6 is 0 Å². The monoisotopic (exact) mass is 393 g/mol. The van der Waals surface area contributed by atoms with E-state index in [1.807, 2.05) is 45.0 Å². The molecular weight excluding hydrogens is 362 g/mol. The fourth-order valence-corrected chi connectivity index (χ4v) is 3.86. The van der Waals surface area contributed by atoms with Crippen molar-refractivity contribution < 1.29 is 9.84 Å². The van der Waals surface area contributed by atoms with E-state index in [0.717, 1.165) is 55.1 Å². The number of hydrogen-bond acceptors (Lipinski definition) is 5. The molecule has 1 saturated heterocycles. The first-order valence-corrected chi connectivity index (χ1v) is 10.3. The Morgan fingerprint density at radius 1 is 1.03 bits per heavy atom. The lowest BCUT2D eigenvalue weighted by atomic mass is 10.0. The summed E-state index contributed by atoms with van der Waals surface area (Å²) in [5.74, 6) is 1.22. The van der Waals surface area contributed by atoms with Crippen LogP contribution in [0.3, 0.4) is 0 Å². The van der Waals surface area contributed by atoms with Gasteiger partial charge in [-0.1, -0.05) is 38.1 Å². The van der Waals surface area contributed by atoms with Crippen molar-refractivity contribution in [1.29, 1.82) is 0 Å². The second kappa shape index (κ2) is 9.61. The third-order valence-corrected chi connectivity index (χ3v) is 5.33. The molecule has 3 aromatic rings. The number of fused-ring (bicyclic) bond motifs is 1. The van der Waals surface area contributed by atoms with Crippen LogP contribution in [0.5, 0.6) is 11.5 Å². The molecule has 1 N–H and O–H groups in total. The average Bonchev–Trinajstić information content (AvgIpc) is 2.79. The SMILES string of the molecule is CC.COc1ccccc1N1CCN(Cc2cc(C)c(O)c3ncccc23)CC1. The number of pyridine rings is 1. The first-order valence-electron chi connectivity index (χ1n) is 10.3. The lowest BCUT2D eigenvalue weighted by Crippen LogP contribution is -2.46. The van der Waals surface area contributed by atoms with Crippen molar-refractivity contribution >= 4 is 16.6 Å². The Bertz CT molecular complexity index is 950. The van der Waals surface area contributed by atoms with Crippen LogP contribution < -0.4 is 9.64 Å². The molecule has 1 aromatic heterocycles. The number of phenols is 1. The highest BCUT2D eigenvalue weighted by atomic mass is 16.5. The second-order valence-electron chi connectivity index (χ2n) is 7.04. The zero-order valence-corrected chi connectivity index (χ0v) is 17.9. The Hall–Kier alpha value is -2.79. The van der Waals surface area contributed by atoms with Gasteiger partial charge in [-0.2, -0.15) is 0 Å². The normalized spacial score (nSPS) is 14.4. The van der Waals surface area contributed by atoms with Gasteiger partial charge in [0.15, 0.2) is 0 Å². The van der Waals surface area contributed by atoms with Crippen molar-refractivity contribution in [3.05, 3.63) is 59.8 Å². The fraction of sp³-hybridized carbons (Fsp3) is 0.375. The van der Waals surface area contributed by atoms with E-state index in [2.05, 4.69) is 33.0 Å². The number of anilines is 1. The molecule has 5 heteroatoms. The maximum absolute atomic E-state index is 10.3. The number of hydrogen-bond donors (Lipinski definition) is 1. The minimum absolute atomic E-state index is 0.287. The van der Waals surface area contributed by atoms with E-state index >= 15 is 0 Å². The van der Waals surface area contributed by atoms with Gasteiger partial charge in [-0.15, -0.1) is 0 Å². The third-order valence-electron chi connectivity index (χ3n) is 5.33. The highest BCUT2D eigenvalue weighted by Gasteiger charge is 2.20. The molecule has 0 bridgehead atoms. The van der Waals surface area contributed by atoms with Crippen molar-refractivity contribution in [2.45, 2.75) is 27.3 Å². The predicted octanol–water partition coefficient (Wildman–Crippen LogP) is 4.61. The smallest absolute Gasteiger partial charge is 0.144 e. The fourth-order valence-electron chi connectivity index (χ4n) is 3.86. The zero-order chi connectivity index (χ0) is 20.8. The van der Waals surface area contributed by atoms with Crippen LogP contribution in [0.1, 0.15) is 25.0 Å². The number of para-hydroxylation sites is 2. The van der Waals surface area contributed by atoms with Gasteiger partial charge in [0, 0.05) is 44.3 Å². The summed E-state index contributed by atoms with van der Waals surface area (Å²) in [6.07, 6.45) is 1.73. The largest absolute Gasteiger partial charge is 0.505 e. The molecule has 0 radical (unpaired) electrons. The van der Waals surface area contributed by atoms with Gasteiger partial charge in [-0.05, 0) is 36.2 Å². The number of rotatable bonds is 4. The molecule has 5 nitrogen and oxygen atoms in total. The summed E-state index contributed by atoms with van der Waals surface area (Å²) in [6, 6.07) is 14.3. The molecular formula is C24H31N3O2. The van der Waals surface area contributed by atoms with Crippen LogP contribution in [0.4, 0.5) is 5.69 Å². The summed E-state index contributed by atoms with van der Waals surface area (Å²) in [5, 5.41) is 11.3. The highest BCUT2D eigenvalue weighted by Crippen LogP contribution is 2.31. The minimum Gasteiger partial charge on any atom is -0.505 e. The van der Waals surface area contributed by atoms with Gasteiger partial charge in [0.25, 0.3) is 0 Å². The Balaban J connectivity index is 0.00000117. The van der Waals surface area contributed by atoms with E-state index in [1.165, 1.54) is 5.56 Å². The van der Waals surface area contributed by atoms with Crippen molar-refractivity contribution in [1.82, 2.24) is 9.88 Å². The minimum atomic E-state index is 0.287. The van der Waals surface area contributed by atoms with E-state index in [-0.39, 0.29) is 5.75 Å². The summed E-state index contributed by atoms with van der Waals surface area (Å²) in [6.45, 7) is 10.7. The van der Waals surface area contributed by atoms with Crippen LogP contribution in [0.2, 0.25) is 0 Å². The molecule has 154 valence electrons. The quantitative estimate of drug-likeness (QED) is 0.702. The molecule has 1 fully saturated rings. The van der Waals surface area contributed by atoms with Crippen molar-refractivity contribution in [2.75, 3.05) is 38.2 Å². The summed E-state index contributed by atoms with van der Waals surface area (Å²) < 4.78 is 5.51. The van der Waals surface area contributed by atoms with E-state index in [0.29, 0.717) is 5.52 Å². The molecule has 2 aromatic carbocycles. The number of methoxy groups -OCH3 is 1. The molecule has 1 aliphatic heterocycles. The molecule has 0 aliphatic carbocycles.